The molecule has 0 saturated heterocycles. The van der Waals surface area contributed by atoms with Gasteiger partial charge in [-0.3, -0.25) is 4.79 Å². The first kappa shape index (κ1) is 23.4. The van der Waals surface area contributed by atoms with Gasteiger partial charge in [-0.1, -0.05) is 25.1 Å². The number of amides is 1. The van der Waals surface area contributed by atoms with Crippen molar-refractivity contribution >= 4 is 47.2 Å². The minimum atomic E-state index is -0.0803. The van der Waals surface area contributed by atoms with Crippen molar-refractivity contribution in [2.45, 2.75) is 26.8 Å². The van der Waals surface area contributed by atoms with Crippen LogP contribution in [0, 0.1) is 5.92 Å². The predicted octanol–water partition coefficient (Wildman–Crippen LogP) is 3.66. The zero-order chi connectivity index (χ0) is 18.8. The average Bonchev–Trinajstić information content (AvgIpc) is 3.16. The van der Waals surface area contributed by atoms with Gasteiger partial charge < -0.3 is 16.0 Å². The van der Waals surface area contributed by atoms with Crippen molar-refractivity contribution in [2.75, 3.05) is 20.1 Å². The molecule has 1 unspecified atom stereocenters. The SMILES string of the molecule is CCNC(=NCc1cccc(C(=O)NC)c1)NCC(C)Cc1cccs1.I. The van der Waals surface area contributed by atoms with Crippen LogP contribution in [0.25, 0.3) is 0 Å². The number of nitrogens with one attached hydrogen (secondary N) is 3. The average molecular weight is 500 g/mol. The number of benzene rings is 1. The number of guanidine groups is 1. The number of thiophene rings is 1. The summed E-state index contributed by atoms with van der Waals surface area (Å²) in [4.78, 5) is 17.8. The Labute approximate surface area is 183 Å². The first-order valence-electron chi connectivity index (χ1n) is 8.98. The van der Waals surface area contributed by atoms with E-state index in [1.54, 1.807) is 18.4 Å². The topological polar surface area (TPSA) is 65.5 Å². The first-order chi connectivity index (χ1) is 12.6. The van der Waals surface area contributed by atoms with Crippen LogP contribution >= 0.6 is 35.3 Å². The molecular formula is C20H29IN4OS. The third kappa shape index (κ3) is 8.30. The van der Waals surface area contributed by atoms with Gasteiger partial charge in [0.25, 0.3) is 5.91 Å². The summed E-state index contributed by atoms with van der Waals surface area (Å²) in [6.45, 7) is 6.49. The van der Waals surface area contributed by atoms with Crippen LogP contribution in [0.4, 0.5) is 0 Å². The second-order valence-corrected chi connectivity index (χ2v) is 7.28. The van der Waals surface area contributed by atoms with Crippen molar-refractivity contribution in [3.8, 4) is 0 Å². The molecule has 148 valence electrons. The maximum atomic E-state index is 11.7. The maximum absolute atomic E-state index is 11.7. The molecule has 5 nitrogen and oxygen atoms in total. The third-order valence-electron chi connectivity index (χ3n) is 3.93. The Hall–Kier alpha value is -1.61. The fourth-order valence-corrected chi connectivity index (χ4v) is 3.45. The lowest BCUT2D eigenvalue weighted by molar-refractivity contribution is 0.0963. The molecule has 1 aromatic carbocycles. The molecule has 0 aliphatic carbocycles. The molecule has 3 N–H and O–H groups in total. The van der Waals surface area contributed by atoms with Gasteiger partial charge in [-0.15, -0.1) is 35.3 Å². The van der Waals surface area contributed by atoms with Gasteiger partial charge in [-0.2, -0.15) is 0 Å². The lowest BCUT2D eigenvalue weighted by Crippen LogP contribution is -2.39. The standard InChI is InChI=1S/C20H28N4OS.HI/c1-4-22-20(23-13-15(2)11-18-9-6-10-26-18)24-14-16-7-5-8-17(12-16)19(25)21-3;/h5-10,12,15H,4,11,13-14H2,1-3H3,(H,21,25)(H2,22,23,24);1H. The van der Waals surface area contributed by atoms with Gasteiger partial charge >= 0.3 is 0 Å². The van der Waals surface area contributed by atoms with Crippen LogP contribution in [0.3, 0.4) is 0 Å². The van der Waals surface area contributed by atoms with E-state index < -0.39 is 0 Å². The van der Waals surface area contributed by atoms with E-state index in [9.17, 15) is 4.79 Å². The number of nitrogens with zero attached hydrogens (tertiary/aromatic N) is 1. The van der Waals surface area contributed by atoms with Gasteiger partial charge in [0.1, 0.15) is 0 Å². The summed E-state index contributed by atoms with van der Waals surface area (Å²) >= 11 is 1.80. The largest absolute Gasteiger partial charge is 0.357 e. The number of carbonyl (C=O) groups is 1. The van der Waals surface area contributed by atoms with Crippen molar-refractivity contribution in [3.63, 3.8) is 0 Å². The van der Waals surface area contributed by atoms with Crippen LogP contribution in [0.5, 0.6) is 0 Å². The molecule has 0 bridgehead atoms. The molecule has 1 atom stereocenters. The van der Waals surface area contributed by atoms with E-state index in [4.69, 9.17) is 0 Å². The lowest BCUT2D eigenvalue weighted by atomic mass is 10.1. The highest BCUT2D eigenvalue weighted by Crippen LogP contribution is 2.13. The van der Waals surface area contributed by atoms with Crippen LogP contribution < -0.4 is 16.0 Å². The molecule has 0 radical (unpaired) electrons. The number of rotatable bonds is 8. The number of carbonyl (C=O) groups excluding carboxylic acids is 1. The van der Waals surface area contributed by atoms with E-state index in [1.807, 2.05) is 24.3 Å². The maximum Gasteiger partial charge on any atom is 0.251 e. The Morgan fingerprint density at radius 3 is 2.70 bits per heavy atom. The van der Waals surface area contributed by atoms with Gasteiger partial charge in [-0.05, 0) is 48.4 Å². The number of hydrogen-bond donors (Lipinski definition) is 3. The van der Waals surface area contributed by atoms with E-state index in [-0.39, 0.29) is 29.9 Å². The van der Waals surface area contributed by atoms with Crippen LogP contribution in [0.15, 0.2) is 46.8 Å². The smallest absolute Gasteiger partial charge is 0.251 e. The molecule has 2 aromatic rings. The van der Waals surface area contributed by atoms with Gasteiger partial charge in [0, 0.05) is 30.6 Å². The summed E-state index contributed by atoms with van der Waals surface area (Å²) in [5.41, 5.74) is 1.66. The molecule has 0 fully saturated rings. The van der Waals surface area contributed by atoms with Crippen LogP contribution in [0.1, 0.15) is 34.6 Å². The van der Waals surface area contributed by atoms with Crippen molar-refractivity contribution in [1.82, 2.24) is 16.0 Å². The summed E-state index contributed by atoms with van der Waals surface area (Å²) < 4.78 is 0. The fourth-order valence-electron chi connectivity index (χ4n) is 2.58. The molecule has 1 aromatic heterocycles. The minimum absolute atomic E-state index is 0. The van der Waals surface area contributed by atoms with E-state index in [0.29, 0.717) is 18.0 Å². The molecular weight excluding hydrogens is 471 g/mol. The number of hydrogen-bond acceptors (Lipinski definition) is 3. The second kappa shape index (κ2) is 12.7. The highest BCUT2D eigenvalue weighted by atomic mass is 127. The third-order valence-corrected chi connectivity index (χ3v) is 4.83. The van der Waals surface area contributed by atoms with Crippen LogP contribution in [-0.2, 0) is 13.0 Å². The predicted molar refractivity (Wildman–Crippen MR) is 125 cm³/mol. The second-order valence-electron chi connectivity index (χ2n) is 6.24. The summed E-state index contributed by atoms with van der Waals surface area (Å²) in [6, 6.07) is 11.8. The molecule has 7 heteroatoms. The normalized spacial score (nSPS) is 12.0. The molecule has 2 rings (SSSR count). The Bertz CT molecular complexity index is 719. The highest BCUT2D eigenvalue weighted by Gasteiger charge is 2.07. The molecule has 0 spiro atoms. The molecule has 0 aliphatic heterocycles. The summed E-state index contributed by atoms with van der Waals surface area (Å²) in [6.07, 6.45) is 1.07. The number of aliphatic imine (C=N–C) groups is 1. The molecule has 1 heterocycles. The monoisotopic (exact) mass is 500 g/mol. The van der Waals surface area contributed by atoms with Crippen molar-refractivity contribution in [1.29, 1.82) is 0 Å². The summed E-state index contributed by atoms with van der Waals surface area (Å²) in [7, 11) is 1.64. The number of halogens is 1. The zero-order valence-corrected chi connectivity index (χ0v) is 19.3. The molecule has 27 heavy (non-hydrogen) atoms. The van der Waals surface area contributed by atoms with E-state index >= 15 is 0 Å². The molecule has 0 saturated carbocycles. The molecule has 0 aliphatic rings. The van der Waals surface area contributed by atoms with Crippen molar-refractivity contribution in [2.24, 2.45) is 10.9 Å². The van der Waals surface area contributed by atoms with E-state index in [0.717, 1.165) is 31.0 Å². The van der Waals surface area contributed by atoms with Crippen LogP contribution in [-0.4, -0.2) is 32.0 Å². The van der Waals surface area contributed by atoms with Gasteiger partial charge in [-0.25, -0.2) is 4.99 Å². The van der Waals surface area contributed by atoms with Crippen molar-refractivity contribution in [3.05, 3.63) is 57.8 Å². The van der Waals surface area contributed by atoms with Gasteiger partial charge in [0.2, 0.25) is 0 Å². The zero-order valence-electron chi connectivity index (χ0n) is 16.1. The fraction of sp³-hybridized carbons (Fsp3) is 0.400. The quantitative estimate of drug-likeness (QED) is 0.295. The van der Waals surface area contributed by atoms with E-state index in [2.05, 4.69) is 52.3 Å². The Morgan fingerprint density at radius 2 is 2.04 bits per heavy atom. The van der Waals surface area contributed by atoms with Gasteiger partial charge in [0.05, 0.1) is 6.54 Å². The van der Waals surface area contributed by atoms with Crippen LogP contribution in [0.2, 0.25) is 0 Å². The summed E-state index contributed by atoms with van der Waals surface area (Å²) in [5, 5.41) is 11.5. The van der Waals surface area contributed by atoms with Gasteiger partial charge in [0.15, 0.2) is 5.96 Å². The van der Waals surface area contributed by atoms with Crippen molar-refractivity contribution < 1.29 is 4.79 Å². The highest BCUT2D eigenvalue weighted by molar-refractivity contribution is 14.0. The first-order valence-corrected chi connectivity index (χ1v) is 9.86. The van der Waals surface area contributed by atoms with E-state index in [1.165, 1.54) is 4.88 Å². The minimum Gasteiger partial charge on any atom is -0.357 e. The lowest BCUT2D eigenvalue weighted by Gasteiger charge is -2.15. The Morgan fingerprint density at radius 1 is 1.22 bits per heavy atom. The summed E-state index contributed by atoms with van der Waals surface area (Å²) in [5.74, 6) is 1.24. The molecule has 1 amide bonds. The Kier molecular flexibility index (Phi) is 11.0. The Balaban J connectivity index is 0.00000364.